The Labute approximate surface area is 394 Å². The Morgan fingerprint density at radius 2 is 1.67 bits per heavy atom. The number of fused-ring (bicyclic) bond motifs is 3. The first-order valence-corrected chi connectivity index (χ1v) is 24.7. The van der Waals surface area contributed by atoms with E-state index in [0.717, 1.165) is 78.8 Å². The fourth-order valence-corrected chi connectivity index (χ4v) is 11.4. The zero-order chi connectivity index (χ0) is 46.8. The SMILES string of the molecule is C=CCOC12Oc3ccc(Oc4ccc5ccccc5c4)cc3C3C(CCCCO)C(CCCCO)C=C(C(=NOCc4ccc([N+](=O)[O-])cc4)CC1N(CCC)C(=O)CCC1CCCC1)C32. The number of benzene rings is 4. The molecule has 0 radical (unpaired) electrons. The number of non-ortho nitro benzene ring substituents is 1. The highest BCUT2D eigenvalue weighted by atomic mass is 16.7. The zero-order valence-electron chi connectivity index (χ0n) is 38.9. The molecule has 12 heteroatoms. The summed E-state index contributed by atoms with van der Waals surface area (Å²) in [6, 6.07) is 26.0. The van der Waals surface area contributed by atoms with E-state index in [2.05, 4.69) is 43.8 Å². The molecule has 1 amide bonds. The van der Waals surface area contributed by atoms with E-state index in [1.807, 2.05) is 41.3 Å². The van der Waals surface area contributed by atoms with E-state index in [4.69, 9.17) is 24.2 Å². The first kappa shape index (κ1) is 47.9. The standard InChI is InChI=1S/C55H67N3O9/c1-3-29-57(52(61)28-21-38-13-5-6-14-38)51-36-49(56-65-37-39-19-23-43(24-20-39)58(62)63)47-34-42(17-9-11-30-59)46(18-10-12-31-60)53-48-35-45(66-44-25-22-40-15-7-8-16-41(40)33-44)26-27-50(48)67-55(51,54(47)53)64-32-4-2/h4,7-8,15-16,19-20,22-27,33-35,38,42,46,51,53-54,59-60H,2-3,5-6,9-14,17-18,21,28-32,36-37H2,1H3. The summed E-state index contributed by atoms with van der Waals surface area (Å²) in [6.45, 7) is 7.13. The Bertz CT molecular complexity index is 2390. The molecular formula is C55H67N3O9. The smallest absolute Gasteiger partial charge is 0.269 e. The second-order valence-corrected chi connectivity index (χ2v) is 18.9. The highest BCUT2D eigenvalue weighted by molar-refractivity contribution is 6.03. The van der Waals surface area contributed by atoms with Crippen molar-refractivity contribution in [3.63, 3.8) is 0 Å². The van der Waals surface area contributed by atoms with Crippen LogP contribution in [0.15, 0.2) is 114 Å². The molecule has 0 bridgehead atoms. The van der Waals surface area contributed by atoms with Gasteiger partial charge in [-0.2, -0.15) is 0 Å². The topological polar surface area (TPSA) is 153 Å². The summed E-state index contributed by atoms with van der Waals surface area (Å²) >= 11 is 0. The van der Waals surface area contributed by atoms with E-state index in [9.17, 15) is 25.1 Å². The summed E-state index contributed by atoms with van der Waals surface area (Å²) in [6.07, 6.45) is 15.7. The van der Waals surface area contributed by atoms with Crippen molar-refractivity contribution in [2.45, 2.75) is 121 Å². The number of nitrogens with zero attached hydrogens (tertiary/aromatic N) is 3. The number of carbonyl (C=O) groups excluding carboxylic acids is 1. The number of oxime groups is 1. The van der Waals surface area contributed by atoms with Crippen LogP contribution in [0.3, 0.4) is 0 Å². The summed E-state index contributed by atoms with van der Waals surface area (Å²) in [5.41, 5.74) is 3.37. The molecule has 0 aromatic heterocycles. The number of nitro groups is 1. The molecule has 2 saturated carbocycles. The molecule has 4 aromatic carbocycles. The lowest BCUT2D eigenvalue weighted by Gasteiger charge is -2.60. The van der Waals surface area contributed by atoms with Crippen molar-refractivity contribution in [2.24, 2.45) is 28.8 Å². The molecule has 0 saturated heterocycles. The van der Waals surface area contributed by atoms with Gasteiger partial charge in [0.15, 0.2) is 0 Å². The van der Waals surface area contributed by atoms with Crippen molar-refractivity contribution >= 4 is 28.1 Å². The molecule has 0 spiro atoms. The van der Waals surface area contributed by atoms with E-state index in [1.54, 1.807) is 18.2 Å². The Balaban J connectivity index is 1.28. The molecule has 4 aliphatic rings. The number of aliphatic hydroxyl groups is 2. The summed E-state index contributed by atoms with van der Waals surface area (Å²) in [5.74, 6) is 0.786. The van der Waals surface area contributed by atoms with Crippen molar-refractivity contribution in [3.8, 4) is 17.2 Å². The van der Waals surface area contributed by atoms with Gasteiger partial charge in [-0.3, -0.25) is 14.9 Å². The van der Waals surface area contributed by atoms with Crippen LogP contribution in [0.5, 0.6) is 17.2 Å². The van der Waals surface area contributed by atoms with Gasteiger partial charge in [0, 0.05) is 56.2 Å². The lowest BCUT2D eigenvalue weighted by Crippen LogP contribution is -2.70. The Hall–Kier alpha value is -5.56. The van der Waals surface area contributed by atoms with E-state index < -0.39 is 22.7 Å². The molecule has 67 heavy (non-hydrogen) atoms. The molecular weight excluding hydrogens is 847 g/mol. The first-order chi connectivity index (χ1) is 32.8. The third kappa shape index (κ3) is 10.8. The van der Waals surface area contributed by atoms with Crippen LogP contribution in [-0.2, 0) is 21.0 Å². The first-order valence-electron chi connectivity index (χ1n) is 24.7. The number of allylic oxidation sites excluding steroid dienone is 1. The molecule has 6 atom stereocenters. The molecule has 4 aromatic rings. The lowest BCUT2D eigenvalue weighted by atomic mass is 9.55. The summed E-state index contributed by atoms with van der Waals surface area (Å²) in [7, 11) is 0. The van der Waals surface area contributed by atoms with Crippen LogP contribution in [0, 0.1) is 33.8 Å². The van der Waals surface area contributed by atoms with Crippen molar-refractivity contribution in [1.29, 1.82) is 0 Å². The number of rotatable bonds is 23. The fraction of sp³-hybridized carbons (Fsp3) is 0.491. The number of hydrogen-bond acceptors (Lipinski definition) is 10. The summed E-state index contributed by atoms with van der Waals surface area (Å²) < 4.78 is 21.3. The van der Waals surface area contributed by atoms with E-state index >= 15 is 0 Å². The second kappa shape index (κ2) is 22.5. The summed E-state index contributed by atoms with van der Waals surface area (Å²) in [5, 5.41) is 38.6. The number of nitro benzene ring substituents is 1. The lowest BCUT2D eigenvalue weighted by molar-refractivity contribution is -0.384. The van der Waals surface area contributed by atoms with Gasteiger partial charge in [-0.25, -0.2) is 0 Å². The van der Waals surface area contributed by atoms with Gasteiger partial charge in [0.25, 0.3) is 5.69 Å². The average Bonchev–Trinajstić information content (AvgIpc) is 3.87. The highest BCUT2D eigenvalue weighted by Crippen LogP contribution is 2.62. The molecule has 8 rings (SSSR count). The maximum Gasteiger partial charge on any atom is 0.269 e. The number of amides is 1. The number of carbonyl (C=O) groups is 1. The van der Waals surface area contributed by atoms with Crippen LogP contribution in [0.25, 0.3) is 10.8 Å². The van der Waals surface area contributed by atoms with Gasteiger partial charge in [0.2, 0.25) is 11.7 Å². The quantitative estimate of drug-likeness (QED) is 0.0320. The van der Waals surface area contributed by atoms with Crippen molar-refractivity contribution in [2.75, 3.05) is 26.4 Å². The van der Waals surface area contributed by atoms with Gasteiger partial charge in [0.05, 0.1) is 23.2 Å². The Morgan fingerprint density at radius 1 is 0.940 bits per heavy atom. The number of ether oxygens (including phenoxy) is 3. The van der Waals surface area contributed by atoms with Crippen molar-refractivity contribution < 1.29 is 39.0 Å². The largest absolute Gasteiger partial charge is 0.459 e. The predicted molar refractivity (Wildman–Crippen MR) is 260 cm³/mol. The molecule has 12 nitrogen and oxygen atoms in total. The van der Waals surface area contributed by atoms with Gasteiger partial charge >= 0.3 is 0 Å². The molecule has 356 valence electrons. The Kier molecular flexibility index (Phi) is 16.1. The third-order valence-electron chi connectivity index (χ3n) is 14.6. The van der Waals surface area contributed by atoms with Crippen LogP contribution in [-0.4, -0.2) is 69.8 Å². The maximum absolute atomic E-state index is 14.9. The third-order valence-corrected chi connectivity index (χ3v) is 14.6. The molecule has 3 aliphatic carbocycles. The minimum atomic E-state index is -1.35. The van der Waals surface area contributed by atoms with Crippen LogP contribution in [0.2, 0.25) is 0 Å². The van der Waals surface area contributed by atoms with Crippen molar-refractivity contribution in [3.05, 3.63) is 130 Å². The zero-order valence-corrected chi connectivity index (χ0v) is 38.9. The molecule has 1 aliphatic heterocycles. The summed E-state index contributed by atoms with van der Waals surface area (Å²) in [4.78, 5) is 34.1. The van der Waals surface area contributed by atoms with Gasteiger partial charge in [-0.1, -0.05) is 93.1 Å². The number of hydrogen-bond donors (Lipinski definition) is 2. The van der Waals surface area contributed by atoms with Crippen molar-refractivity contribution in [1.82, 2.24) is 4.90 Å². The van der Waals surface area contributed by atoms with E-state index in [0.29, 0.717) is 61.1 Å². The Morgan fingerprint density at radius 3 is 2.40 bits per heavy atom. The average molecular weight is 914 g/mol. The second-order valence-electron chi connectivity index (χ2n) is 18.9. The van der Waals surface area contributed by atoms with Crippen LogP contribution in [0.4, 0.5) is 5.69 Å². The highest BCUT2D eigenvalue weighted by Gasteiger charge is 2.65. The maximum atomic E-state index is 14.9. The molecule has 2 N–H and O–H groups in total. The van der Waals surface area contributed by atoms with Crippen LogP contribution >= 0.6 is 0 Å². The van der Waals surface area contributed by atoms with E-state index in [1.165, 1.54) is 25.0 Å². The van der Waals surface area contributed by atoms with Gasteiger partial charge < -0.3 is 34.2 Å². The number of aliphatic hydroxyl groups excluding tert-OH is 2. The monoisotopic (exact) mass is 913 g/mol. The van der Waals surface area contributed by atoms with Gasteiger partial charge in [-0.15, -0.1) is 6.58 Å². The molecule has 1 heterocycles. The molecule has 2 fully saturated rings. The fourth-order valence-electron chi connectivity index (χ4n) is 11.4. The van der Waals surface area contributed by atoms with E-state index in [-0.39, 0.29) is 55.8 Å². The van der Waals surface area contributed by atoms with Crippen LogP contribution in [0.1, 0.15) is 114 Å². The normalized spacial score (nSPS) is 23.8. The minimum absolute atomic E-state index is 0.00255. The van der Waals surface area contributed by atoms with Crippen LogP contribution < -0.4 is 9.47 Å². The van der Waals surface area contributed by atoms with Gasteiger partial charge in [-0.05, 0) is 121 Å². The molecule has 6 unspecified atom stereocenters. The van der Waals surface area contributed by atoms with Gasteiger partial charge in [0.1, 0.15) is 29.9 Å². The predicted octanol–water partition coefficient (Wildman–Crippen LogP) is 11.6. The minimum Gasteiger partial charge on any atom is -0.459 e. The number of unbranched alkanes of at least 4 members (excludes halogenated alkanes) is 2.